The first-order valence-corrected chi connectivity index (χ1v) is 6.53. The molecule has 0 N–H and O–H groups in total. The van der Waals surface area contributed by atoms with E-state index in [1.807, 2.05) is 0 Å². The number of rotatable bonds is 4. The van der Waals surface area contributed by atoms with Crippen LogP contribution in [0.3, 0.4) is 0 Å². The highest BCUT2D eigenvalue weighted by Gasteiger charge is 2.04. The number of ether oxygens (including phenoxy) is 1. The topological polar surface area (TPSA) is 9.23 Å². The summed E-state index contributed by atoms with van der Waals surface area (Å²) in [5.74, 6) is -0.294. The molecule has 0 aliphatic carbocycles. The average molecular weight is 313 g/mol. The standard InChI is InChI=1S/C14H11BrF2O/c15-8-10-5-12(16)7-13(6-10)18-9-11-3-1-2-4-14(11)17/h1-7H,8-9H2. The van der Waals surface area contributed by atoms with Crippen LogP contribution in [0.1, 0.15) is 11.1 Å². The number of alkyl halides is 1. The van der Waals surface area contributed by atoms with E-state index in [0.29, 0.717) is 16.6 Å². The fraction of sp³-hybridized carbons (Fsp3) is 0.143. The molecule has 4 heteroatoms. The molecule has 1 nitrogen and oxygen atoms in total. The lowest BCUT2D eigenvalue weighted by atomic mass is 10.2. The second kappa shape index (κ2) is 5.96. The van der Waals surface area contributed by atoms with Crippen molar-refractivity contribution in [2.75, 3.05) is 0 Å². The molecule has 94 valence electrons. The first-order valence-electron chi connectivity index (χ1n) is 5.40. The molecule has 0 heterocycles. The molecule has 0 fully saturated rings. The summed E-state index contributed by atoms with van der Waals surface area (Å²) in [5.41, 5.74) is 1.22. The van der Waals surface area contributed by atoms with Crippen LogP contribution in [-0.4, -0.2) is 0 Å². The summed E-state index contributed by atoms with van der Waals surface area (Å²) in [6.07, 6.45) is 0. The van der Waals surface area contributed by atoms with Gasteiger partial charge in [0.2, 0.25) is 0 Å². The van der Waals surface area contributed by atoms with Crippen molar-refractivity contribution in [1.82, 2.24) is 0 Å². The molecule has 2 aromatic rings. The Labute approximate surface area is 113 Å². The lowest BCUT2D eigenvalue weighted by Crippen LogP contribution is -1.99. The molecule has 0 aromatic heterocycles. The fourth-order valence-corrected chi connectivity index (χ4v) is 1.88. The maximum absolute atomic E-state index is 13.4. The summed E-state index contributed by atoms with van der Waals surface area (Å²) in [4.78, 5) is 0. The van der Waals surface area contributed by atoms with E-state index in [0.717, 1.165) is 5.56 Å². The quantitative estimate of drug-likeness (QED) is 0.758. The first kappa shape index (κ1) is 13.0. The monoisotopic (exact) mass is 312 g/mol. The summed E-state index contributed by atoms with van der Waals surface area (Å²) < 4.78 is 32.0. The third-order valence-electron chi connectivity index (χ3n) is 2.44. The first-order chi connectivity index (χ1) is 8.69. The van der Waals surface area contributed by atoms with Gasteiger partial charge in [0.05, 0.1) is 0 Å². The van der Waals surface area contributed by atoms with Gasteiger partial charge in [0.15, 0.2) is 0 Å². The minimum atomic E-state index is -0.365. The summed E-state index contributed by atoms with van der Waals surface area (Å²) in [5, 5.41) is 0.542. The zero-order chi connectivity index (χ0) is 13.0. The second-order valence-corrected chi connectivity index (χ2v) is 4.37. The van der Waals surface area contributed by atoms with Gasteiger partial charge in [0.25, 0.3) is 0 Å². The molecule has 2 aromatic carbocycles. The van der Waals surface area contributed by atoms with Gasteiger partial charge in [-0.2, -0.15) is 0 Å². The Hall–Kier alpha value is -1.42. The molecular formula is C14H11BrF2O. The smallest absolute Gasteiger partial charge is 0.129 e. The Morgan fingerprint density at radius 3 is 2.56 bits per heavy atom. The van der Waals surface area contributed by atoms with Crippen LogP contribution in [0.2, 0.25) is 0 Å². The highest BCUT2D eigenvalue weighted by molar-refractivity contribution is 9.08. The molecule has 0 spiro atoms. The van der Waals surface area contributed by atoms with Gasteiger partial charge in [-0.25, -0.2) is 8.78 Å². The lowest BCUT2D eigenvalue weighted by molar-refractivity contribution is 0.298. The Morgan fingerprint density at radius 1 is 1.06 bits per heavy atom. The van der Waals surface area contributed by atoms with E-state index in [9.17, 15) is 8.78 Å². The predicted octanol–water partition coefficient (Wildman–Crippen LogP) is 4.44. The van der Waals surface area contributed by atoms with Crippen molar-refractivity contribution in [3.63, 3.8) is 0 Å². The van der Waals surface area contributed by atoms with Gasteiger partial charge >= 0.3 is 0 Å². The summed E-state index contributed by atoms with van der Waals surface area (Å²) in [6, 6.07) is 10.8. The van der Waals surface area contributed by atoms with Crippen LogP contribution < -0.4 is 4.74 Å². The van der Waals surface area contributed by atoms with E-state index in [1.54, 1.807) is 24.3 Å². The van der Waals surface area contributed by atoms with Gasteiger partial charge in [0, 0.05) is 17.0 Å². The van der Waals surface area contributed by atoms with Crippen molar-refractivity contribution in [1.29, 1.82) is 0 Å². The predicted molar refractivity (Wildman–Crippen MR) is 69.8 cm³/mol. The van der Waals surface area contributed by atoms with Crippen LogP contribution in [0.4, 0.5) is 8.78 Å². The van der Waals surface area contributed by atoms with Gasteiger partial charge in [0.1, 0.15) is 24.0 Å². The van der Waals surface area contributed by atoms with E-state index < -0.39 is 0 Å². The van der Waals surface area contributed by atoms with Crippen LogP contribution in [0.15, 0.2) is 42.5 Å². The number of hydrogen-bond acceptors (Lipinski definition) is 1. The second-order valence-electron chi connectivity index (χ2n) is 3.81. The normalized spacial score (nSPS) is 10.4. The molecule has 0 radical (unpaired) electrons. The van der Waals surface area contributed by atoms with E-state index in [2.05, 4.69) is 15.9 Å². The zero-order valence-corrected chi connectivity index (χ0v) is 11.1. The molecular weight excluding hydrogens is 302 g/mol. The maximum atomic E-state index is 13.4. The highest BCUT2D eigenvalue weighted by Crippen LogP contribution is 2.20. The van der Waals surface area contributed by atoms with Gasteiger partial charge in [-0.3, -0.25) is 0 Å². The Bertz CT molecular complexity index is 543. The van der Waals surface area contributed by atoms with Gasteiger partial charge < -0.3 is 4.74 Å². The molecule has 0 aliphatic rings. The SMILES string of the molecule is Fc1cc(CBr)cc(OCc2ccccc2F)c1. The van der Waals surface area contributed by atoms with Gasteiger partial charge in [-0.1, -0.05) is 34.1 Å². The van der Waals surface area contributed by atoms with Crippen molar-refractivity contribution in [2.24, 2.45) is 0 Å². The molecule has 0 saturated carbocycles. The molecule has 2 rings (SSSR count). The molecule has 0 amide bonds. The van der Waals surface area contributed by atoms with E-state index in [4.69, 9.17) is 4.74 Å². The van der Waals surface area contributed by atoms with Crippen LogP contribution >= 0.6 is 15.9 Å². The lowest BCUT2D eigenvalue weighted by Gasteiger charge is -2.08. The van der Waals surface area contributed by atoms with Crippen LogP contribution in [0, 0.1) is 11.6 Å². The van der Waals surface area contributed by atoms with E-state index >= 15 is 0 Å². The number of halogens is 3. The highest BCUT2D eigenvalue weighted by atomic mass is 79.9. The third kappa shape index (κ3) is 3.29. The average Bonchev–Trinajstić information content (AvgIpc) is 2.37. The summed E-state index contributed by atoms with van der Waals surface area (Å²) in [7, 11) is 0. The molecule has 0 saturated heterocycles. The molecule has 0 aliphatic heterocycles. The third-order valence-corrected chi connectivity index (χ3v) is 3.09. The van der Waals surface area contributed by atoms with Crippen molar-refractivity contribution in [3.05, 3.63) is 65.2 Å². The fourth-order valence-electron chi connectivity index (χ4n) is 1.56. The van der Waals surface area contributed by atoms with Crippen LogP contribution in [0.25, 0.3) is 0 Å². The molecule has 0 bridgehead atoms. The molecule has 0 atom stereocenters. The number of hydrogen-bond donors (Lipinski definition) is 0. The van der Waals surface area contributed by atoms with Crippen molar-refractivity contribution >= 4 is 15.9 Å². The van der Waals surface area contributed by atoms with Crippen LogP contribution in [-0.2, 0) is 11.9 Å². The van der Waals surface area contributed by atoms with Gasteiger partial charge in [-0.05, 0) is 23.8 Å². The Morgan fingerprint density at radius 2 is 1.83 bits per heavy atom. The summed E-state index contributed by atoms with van der Waals surface area (Å²) in [6.45, 7) is 0.0812. The molecule has 18 heavy (non-hydrogen) atoms. The molecule has 0 unspecified atom stereocenters. The Kier molecular flexibility index (Phi) is 4.31. The van der Waals surface area contributed by atoms with Crippen molar-refractivity contribution in [2.45, 2.75) is 11.9 Å². The van der Waals surface area contributed by atoms with Gasteiger partial charge in [-0.15, -0.1) is 0 Å². The minimum Gasteiger partial charge on any atom is -0.489 e. The minimum absolute atomic E-state index is 0.0812. The van der Waals surface area contributed by atoms with Crippen LogP contribution in [0.5, 0.6) is 5.75 Å². The Balaban J connectivity index is 2.11. The number of benzene rings is 2. The van der Waals surface area contributed by atoms with Crippen molar-refractivity contribution < 1.29 is 13.5 Å². The largest absolute Gasteiger partial charge is 0.489 e. The maximum Gasteiger partial charge on any atom is 0.129 e. The van der Waals surface area contributed by atoms with Crippen molar-refractivity contribution in [3.8, 4) is 5.75 Å². The van der Waals surface area contributed by atoms with E-state index in [1.165, 1.54) is 18.2 Å². The summed E-state index contributed by atoms with van der Waals surface area (Å²) >= 11 is 3.25. The zero-order valence-electron chi connectivity index (χ0n) is 9.50. The van der Waals surface area contributed by atoms with E-state index in [-0.39, 0.29) is 18.2 Å².